The van der Waals surface area contributed by atoms with Crippen LogP contribution in [0.15, 0.2) is 0 Å². The van der Waals surface area contributed by atoms with Gasteiger partial charge in [0, 0.05) is 6.23 Å². The molecule has 0 aromatic heterocycles. The molecule has 1 atom stereocenters. The van der Waals surface area contributed by atoms with Gasteiger partial charge in [-0.3, -0.25) is 4.79 Å². The van der Waals surface area contributed by atoms with Crippen LogP contribution < -0.4 is 0 Å². The van der Waals surface area contributed by atoms with Gasteiger partial charge in [-0.05, 0) is 12.0 Å². The molecule has 0 amide bonds. The Morgan fingerprint density at radius 2 is 1.87 bits per heavy atom. The summed E-state index contributed by atoms with van der Waals surface area (Å²) in [5.74, 6) is -0.794. The number of rotatable bonds is 5. The van der Waals surface area contributed by atoms with Crippen molar-refractivity contribution in [1.29, 1.82) is 0 Å². The number of carbonyl (C=O) groups is 1. The van der Waals surface area contributed by atoms with Crippen molar-refractivity contribution in [2.75, 3.05) is 6.23 Å². The van der Waals surface area contributed by atoms with Gasteiger partial charge in [0.25, 0.3) is 0 Å². The largest absolute Gasteiger partial charge is 0.481 e. The molecule has 0 aromatic rings. The molecule has 0 saturated carbocycles. The van der Waals surface area contributed by atoms with Crippen molar-refractivity contribution < 1.29 is 14.6 Å². The summed E-state index contributed by atoms with van der Waals surface area (Å²) in [6.45, 7) is 13.1. The fraction of sp³-hybridized carbons (Fsp3) is 0.909. The lowest BCUT2D eigenvalue weighted by Crippen LogP contribution is -2.43. The van der Waals surface area contributed by atoms with Gasteiger partial charge in [0.2, 0.25) is 0 Å². The Balaban J connectivity index is 4.10. The van der Waals surface area contributed by atoms with E-state index in [-0.39, 0.29) is 17.6 Å². The van der Waals surface area contributed by atoms with Gasteiger partial charge in [0.1, 0.15) is 0 Å². The smallest absolute Gasteiger partial charge is 0.305 e. The molecule has 3 nitrogen and oxygen atoms in total. The van der Waals surface area contributed by atoms with Crippen LogP contribution in [0.5, 0.6) is 0 Å². The summed E-state index contributed by atoms with van der Waals surface area (Å²) in [6, 6.07) is 0. The lowest BCUT2D eigenvalue weighted by molar-refractivity contribution is -0.139. The molecular weight excluding hydrogens is 208 g/mol. The van der Waals surface area contributed by atoms with Gasteiger partial charge < -0.3 is 9.84 Å². The lowest BCUT2D eigenvalue weighted by Gasteiger charge is -2.37. The van der Waals surface area contributed by atoms with Crippen molar-refractivity contribution in [3.8, 4) is 0 Å². The first-order chi connectivity index (χ1) is 6.56. The molecule has 0 aromatic carbocycles. The number of carboxylic acid groups (broad SMARTS) is 1. The van der Waals surface area contributed by atoms with E-state index in [1.54, 1.807) is 0 Å². The van der Waals surface area contributed by atoms with Crippen LogP contribution in [0.2, 0.25) is 18.1 Å². The Kier molecular flexibility index (Phi) is 5.00. The first-order valence-corrected chi connectivity index (χ1v) is 8.60. The highest BCUT2D eigenvalue weighted by Crippen LogP contribution is 2.36. The van der Waals surface area contributed by atoms with E-state index in [1.165, 1.54) is 0 Å². The Morgan fingerprint density at radius 1 is 1.40 bits per heavy atom. The Labute approximate surface area is 93.8 Å². The molecule has 0 fully saturated rings. The normalized spacial score (nSPS) is 15.1. The van der Waals surface area contributed by atoms with Crippen molar-refractivity contribution in [3.05, 3.63) is 0 Å². The van der Waals surface area contributed by atoms with Crippen molar-refractivity contribution in [2.24, 2.45) is 0 Å². The highest BCUT2D eigenvalue weighted by molar-refractivity contribution is 6.80. The van der Waals surface area contributed by atoms with E-state index in [0.29, 0.717) is 0 Å². The Bertz CT molecular complexity index is 218. The average Bonchev–Trinajstić information content (AvgIpc) is 1.97. The van der Waals surface area contributed by atoms with Crippen molar-refractivity contribution >= 4 is 14.0 Å². The van der Waals surface area contributed by atoms with Crippen LogP contribution in [0.1, 0.15) is 34.1 Å². The molecule has 1 N–H and O–H groups in total. The first-order valence-electron chi connectivity index (χ1n) is 5.39. The van der Waals surface area contributed by atoms with Gasteiger partial charge in [0.15, 0.2) is 0 Å². The molecule has 0 unspecified atom stereocenters. The van der Waals surface area contributed by atoms with E-state index in [1.807, 2.05) is 6.92 Å². The van der Waals surface area contributed by atoms with E-state index in [9.17, 15) is 4.79 Å². The second-order valence-corrected chi connectivity index (χ2v) is 11.4. The van der Waals surface area contributed by atoms with E-state index in [2.05, 4.69) is 33.9 Å². The fourth-order valence-corrected chi connectivity index (χ4v) is 2.01. The minimum atomic E-state index is -1.43. The summed E-state index contributed by atoms with van der Waals surface area (Å²) in [5, 5.41) is 8.89. The van der Waals surface area contributed by atoms with Crippen LogP contribution in [0.4, 0.5) is 0 Å². The molecule has 15 heavy (non-hydrogen) atoms. The molecule has 0 aliphatic carbocycles. The zero-order chi connectivity index (χ0) is 12.3. The van der Waals surface area contributed by atoms with Gasteiger partial charge in [-0.2, -0.15) is 0 Å². The summed E-state index contributed by atoms with van der Waals surface area (Å²) in [4.78, 5) is 10.5. The van der Waals surface area contributed by atoms with Crippen molar-refractivity contribution in [2.45, 2.75) is 58.4 Å². The third kappa shape index (κ3) is 5.32. The maximum Gasteiger partial charge on any atom is 0.305 e. The maximum atomic E-state index is 10.5. The summed E-state index contributed by atoms with van der Waals surface area (Å²) in [6.07, 6.45) is 0.635. The van der Waals surface area contributed by atoms with E-state index >= 15 is 0 Å². The number of hydrogen-bond donors (Lipinski definition) is 1. The molecule has 0 spiro atoms. The molecule has 0 saturated heterocycles. The maximum absolute atomic E-state index is 10.5. The van der Waals surface area contributed by atoms with E-state index < -0.39 is 14.0 Å². The number of carboxylic acids is 1. The second-order valence-electron chi connectivity index (χ2n) is 5.85. The minimum absolute atomic E-state index is 0.0919. The number of aliphatic carboxylic acids is 1. The van der Waals surface area contributed by atoms with Crippen LogP contribution in [-0.2, 0) is 9.53 Å². The van der Waals surface area contributed by atoms with Crippen LogP contribution in [0, 0.1) is 0 Å². The van der Waals surface area contributed by atoms with Gasteiger partial charge in [0.05, 0.1) is 20.6 Å². The molecule has 0 radical (unpaired) electrons. The molecule has 0 aliphatic rings. The zero-order valence-electron chi connectivity index (χ0n) is 10.8. The van der Waals surface area contributed by atoms with E-state index in [0.717, 1.165) is 6.23 Å². The predicted octanol–water partition coefficient (Wildman–Crippen LogP) is 2.91. The Morgan fingerprint density at radius 3 is 2.20 bits per heavy atom. The monoisotopic (exact) mass is 232 g/mol. The first kappa shape index (κ1) is 14.6. The third-order valence-electron chi connectivity index (χ3n) is 3.22. The zero-order valence-corrected chi connectivity index (χ0v) is 11.8. The molecule has 0 heterocycles. The molecular formula is C11H24O3Si. The van der Waals surface area contributed by atoms with Gasteiger partial charge in [-0.25, -0.2) is 0 Å². The quantitative estimate of drug-likeness (QED) is 0.741. The summed E-state index contributed by atoms with van der Waals surface area (Å²) >= 11 is 0. The lowest BCUT2D eigenvalue weighted by atomic mass is 10.2. The van der Waals surface area contributed by atoms with Crippen LogP contribution in [0.25, 0.3) is 0 Å². The molecule has 0 aliphatic heterocycles. The van der Waals surface area contributed by atoms with Crippen LogP contribution >= 0.6 is 0 Å². The second kappa shape index (κ2) is 5.12. The number of ether oxygens (including phenoxy) is 1. The molecule has 90 valence electrons. The summed E-state index contributed by atoms with van der Waals surface area (Å²) in [5.41, 5.74) is 0. The molecule has 0 bridgehead atoms. The third-order valence-corrected chi connectivity index (χ3v) is 8.17. The summed E-state index contributed by atoms with van der Waals surface area (Å²) in [7, 11) is -1.43. The van der Waals surface area contributed by atoms with Crippen molar-refractivity contribution in [1.82, 2.24) is 0 Å². The molecule has 4 heteroatoms. The van der Waals surface area contributed by atoms with Crippen LogP contribution in [-0.4, -0.2) is 31.5 Å². The molecule has 0 rings (SSSR count). The van der Waals surface area contributed by atoms with Crippen LogP contribution in [0.3, 0.4) is 0 Å². The highest BCUT2D eigenvalue weighted by Gasteiger charge is 2.35. The van der Waals surface area contributed by atoms with Gasteiger partial charge in [-0.15, -0.1) is 0 Å². The fourth-order valence-electron chi connectivity index (χ4n) is 0.872. The van der Waals surface area contributed by atoms with Gasteiger partial charge >= 0.3 is 5.97 Å². The number of hydrogen-bond acceptors (Lipinski definition) is 2. The Hall–Kier alpha value is -0.353. The topological polar surface area (TPSA) is 46.5 Å². The minimum Gasteiger partial charge on any atom is -0.481 e. The highest BCUT2D eigenvalue weighted by atomic mass is 28.3. The SMILES string of the molecule is C[C@H](CC(=O)O)OC[Si](C)(C)C(C)(C)C. The standard InChI is InChI=1S/C11H24O3Si/c1-9(7-10(12)13)14-8-15(5,6)11(2,3)4/h9H,7-8H2,1-6H3,(H,12,13)/t9-/m1/s1. The summed E-state index contributed by atoms with van der Waals surface area (Å²) < 4.78 is 5.62. The van der Waals surface area contributed by atoms with E-state index in [4.69, 9.17) is 9.84 Å². The van der Waals surface area contributed by atoms with Crippen molar-refractivity contribution in [3.63, 3.8) is 0 Å². The predicted molar refractivity (Wildman–Crippen MR) is 64.9 cm³/mol. The van der Waals surface area contributed by atoms with Gasteiger partial charge in [-0.1, -0.05) is 33.9 Å². The average molecular weight is 232 g/mol.